The van der Waals surface area contributed by atoms with Crippen molar-refractivity contribution in [3.63, 3.8) is 0 Å². The lowest BCUT2D eigenvalue weighted by atomic mass is 10.0. The Kier molecular flexibility index (Phi) is 2.88. The van der Waals surface area contributed by atoms with E-state index < -0.39 is 0 Å². The summed E-state index contributed by atoms with van der Waals surface area (Å²) in [6.45, 7) is 0.999. The Morgan fingerprint density at radius 2 is 2.21 bits per heavy atom. The second-order valence-corrected chi connectivity index (χ2v) is 5.78. The maximum atomic E-state index is 11.4. The normalized spacial score (nSPS) is 19.8. The van der Waals surface area contributed by atoms with E-state index in [1.165, 1.54) is 32.8 Å². The van der Waals surface area contributed by atoms with Crippen molar-refractivity contribution in [2.75, 3.05) is 24.7 Å². The number of ether oxygens (including phenoxy) is 1. The number of methoxy groups -OCH3 is 1. The van der Waals surface area contributed by atoms with Gasteiger partial charge in [-0.05, 0) is 55.2 Å². The van der Waals surface area contributed by atoms with Crippen LogP contribution in [0.5, 0.6) is 0 Å². The van der Waals surface area contributed by atoms with Crippen LogP contribution in [0.2, 0.25) is 0 Å². The third-order valence-corrected chi connectivity index (χ3v) is 4.44. The summed E-state index contributed by atoms with van der Waals surface area (Å²) < 4.78 is 4.68. The Morgan fingerprint density at radius 1 is 1.47 bits per heavy atom. The molecule has 102 valence electrons. The third kappa shape index (κ3) is 2.39. The van der Waals surface area contributed by atoms with Crippen molar-refractivity contribution in [1.29, 1.82) is 0 Å². The number of benzene rings is 1. The van der Waals surface area contributed by atoms with E-state index in [2.05, 4.69) is 10.1 Å². The lowest BCUT2D eigenvalue weighted by Crippen LogP contribution is -2.18. The molecule has 0 radical (unpaired) electrons. The van der Waals surface area contributed by atoms with Crippen LogP contribution >= 0.6 is 0 Å². The molecule has 1 aromatic carbocycles. The number of anilines is 2. The first kappa shape index (κ1) is 12.3. The van der Waals surface area contributed by atoms with Gasteiger partial charge >= 0.3 is 5.97 Å². The van der Waals surface area contributed by atoms with Crippen LogP contribution in [0.3, 0.4) is 0 Å². The van der Waals surface area contributed by atoms with Crippen LogP contribution in [-0.4, -0.2) is 19.6 Å². The Bertz CT molecular complexity index is 505. The van der Waals surface area contributed by atoms with E-state index in [0.29, 0.717) is 16.7 Å². The average molecular weight is 260 g/mol. The summed E-state index contributed by atoms with van der Waals surface area (Å²) in [5.74, 6) is 0.575. The summed E-state index contributed by atoms with van der Waals surface area (Å²) in [6.07, 6.45) is 5.45. The number of nitrogen functional groups attached to an aromatic ring is 1. The summed E-state index contributed by atoms with van der Waals surface area (Å²) in [7, 11) is 1.37. The second-order valence-electron chi connectivity index (χ2n) is 5.78. The monoisotopic (exact) mass is 260 g/mol. The number of hydrogen-bond acceptors (Lipinski definition) is 4. The zero-order chi connectivity index (χ0) is 13.5. The molecule has 0 unspecified atom stereocenters. The molecule has 4 heteroatoms. The molecule has 0 aromatic heterocycles. The maximum absolute atomic E-state index is 11.4. The lowest BCUT2D eigenvalue weighted by Gasteiger charge is -2.17. The van der Waals surface area contributed by atoms with E-state index in [1.54, 1.807) is 12.1 Å². The van der Waals surface area contributed by atoms with E-state index in [9.17, 15) is 4.79 Å². The fourth-order valence-corrected chi connectivity index (χ4v) is 2.83. The summed E-state index contributed by atoms with van der Waals surface area (Å²) in [4.78, 5) is 11.4. The largest absolute Gasteiger partial charge is 0.465 e. The summed E-state index contributed by atoms with van der Waals surface area (Å²) in [5, 5.41) is 3.44. The Morgan fingerprint density at radius 3 is 2.74 bits per heavy atom. The molecule has 0 bridgehead atoms. The van der Waals surface area contributed by atoms with Crippen molar-refractivity contribution in [2.24, 2.45) is 11.3 Å². The number of hydrogen-bond donors (Lipinski definition) is 2. The Balaban J connectivity index is 1.66. The topological polar surface area (TPSA) is 64.3 Å². The molecule has 0 aliphatic heterocycles. The first-order valence-corrected chi connectivity index (χ1v) is 6.86. The quantitative estimate of drug-likeness (QED) is 0.631. The van der Waals surface area contributed by atoms with Gasteiger partial charge in [-0.2, -0.15) is 0 Å². The van der Waals surface area contributed by atoms with E-state index in [4.69, 9.17) is 5.73 Å². The first-order valence-electron chi connectivity index (χ1n) is 6.86. The van der Waals surface area contributed by atoms with Gasteiger partial charge < -0.3 is 15.8 Å². The van der Waals surface area contributed by atoms with Gasteiger partial charge in [0, 0.05) is 6.54 Å². The zero-order valence-electron chi connectivity index (χ0n) is 11.2. The molecule has 4 nitrogen and oxygen atoms in total. The molecule has 3 rings (SSSR count). The smallest absolute Gasteiger partial charge is 0.337 e. The van der Waals surface area contributed by atoms with Crippen molar-refractivity contribution < 1.29 is 9.53 Å². The van der Waals surface area contributed by atoms with Gasteiger partial charge in [-0.25, -0.2) is 4.79 Å². The highest BCUT2D eigenvalue weighted by molar-refractivity contribution is 5.91. The molecule has 0 atom stereocenters. The third-order valence-electron chi connectivity index (χ3n) is 4.44. The fourth-order valence-electron chi connectivity index (χ4n) is 2.83. The van der Waals surface area contributed by atoms with Crippen LogP contribution in [-0.2, 0) is 4.74 Å². The number of nitrogens with two attached hydrogens (primary N) is 1. The molecular weight excluding hydrogens is 240 g/mol. The van der Waals surface area contributed by atoms with E-state index >= 15 is 0 Å². The Hall–Kier alpha value is -1.71. The standard InChI is InChI=1S/C15H20N2O2/c1-19-14(18)10-2-5-13(12(16)8-10)17-9-15(6-7-15)11-3-4-11/h2,5,8,11,17H,3-4,6-7,9,16H2,1H3. The van der Waals surface area contributed by atoms with Crippen LogP contribution in [0.15, 0.2) is 18.2 Å². The minimum Gasteiger partial charge on any atom is -0.465 e. The van der Waals surface area contributed by atoms with Crippen molar-refractivity contribution >= 4 is 17.3 Å². The van der Waals surface area contributed by atoms with Crippen LogP contribution < -0.4 is 11.1 Å². The van der Waals surface area contributed by atoms with Crippen LogP contribution in [0.1, 0.15) is 36.0 Å². The van der Waals surface area contributed by atoms with Crippen LogP contribution in [0, 0.1) is 11.3 Å². The van der Waals surface area contributed by atoms with Crippen LogP contribution in [0.4, 0.5) is 11.4 Å². The van der Waals surface area contributed by atoms with Gasteiger partial charge in [0.1, 0.15) is 0 Å². The highest BCUT2D eigenvalue weighted by atomic mass is 16.5. The van der Waals surface area contributed by atoms with E-state index in [1.807, 2.05) is 6.07 Å². The molecule has 0 heterocycles. The molecule has 1 aromatic rings. The van der Waals surface area contributed by atoms with E-state index in [-0.39, 0.29) is 5.97 Å². The van der Waals surface area contributed by atoms with Crippen molar-refractivity contribution in [1.82, 2.24) is 0 Å². The molecule has 2 fully saturated rings. The van der Waals surface area contributed by atoms with Crippen LogP contribution in [0.25, 0.3) is 0 Å². The van der Waals surface area contributed by atoms with Gasteiger partial charge in [-0.15, -0.1) is 0 Å². The second kappa shape index (κ2) is 4.44. The van der Waals surface area contributed by atoms with Crippen molar-refractivity contribution in [3.8, 4) is 0 Å². The van der Waals surface area contributed by atoms with Gasteiger partial charge in [-0.1, -0.05) is 0 Å². The van der Waals surface area contributed by atoms with Gasteiger partial charge in [0.25, 0.3) is 0 Å². The van der Waals surface area contributed by atoms with Gasteiger partial charge in [0.15, 0.2) is 0 Å². The number of carbonyl (C=O) groups is 1. The van der Waals surface area contributed by atoms with Gasteiger partial charge in [0.05, 0.1) is 24.0 Å². The molecule has 2 aliphatic rings. The number of nitrogens with one attached hydrogen (secondary N) is 1. The molecule has 2 aliphatic carbocycles. The first-order chi connectivity index (χ1) is 9.14. The predicted octanol–water partition coefficient (Wildman–Crippen LogP) is 2.66. The predicted molar refractivity (Wildman–Crippen MR) is 75.1 cm³/mol. The van der Waals surface area contributed by atoms with E-state index in [0.717, 1.165) is 18.2 Å². The molecule has 0 amide bonds. The molecule has 19 heavy (non-hydrogen) atoms. The molecule has 2 saturated carbocycles. The van der Waals surface area contributed by atoms with Gasteiger partial charge in [-0.3, -0.25) is 0 Å². The number of rotatable bonds is 5. The number of carbonyl (C=O) groups excluding carboxylic acids is 1. The molecule has 3 N–H and O–H groups in total. The molecular formula is C15H20N2O2. The SMILES string of the molecule is COC(=O)c1ccc(NCC2(C3CC3)CC2)c(N)c1. The van der Waals surface area contributed by atoms with Crippen molar-refractivity contribution in [2.45, 2.75) is 25.7 Å². The molecule has 0 saturated heterocycles. The summed E-state index contributed by atoms with van der Waals surface area (Å²) in [5.41, 5.74) is 8.54. The van der Waals surface area contributed by atoms with Gasteiger partial charge in [0.2, 0.25) is 0 Å². The maximum Gasteiger partial charge on any atom is 0.337 e. The minimum atomic E-state index is -0.352. The zero-order valence-corrected chi connectivity index (χ0v) is 11.2. The molecule has 0 spiro atoms. The Labute approximate surface area is 113 Å². The minimum absolute atomic E-state index is 0.352. The lowest BCUT2D eigenvalue weighted by molar-refractivity contribution is 0.0601. The fraction of sp³-hybridized carbons (Fsp3) is 0.533. The highest BCUT2D eigenvalue weighted by Crippen LogP contribution is 2.61. The van der Waals surface area contributed by atoms with Crippen molar-refractivity contribution in [3.05, 3.63) is 23.8 Å². The summed E-state index contributed by atoms with van der Waals surface area (Å²) in [6, 6.07) is 5.29. The summed E-state index contributed by atoms with van der Waals surface area (Å²) >= 11 is 0. The number of esters is 1. The highest BCUT2D eigenvalue weighted by Gasteiger charge is 2.53. The average Bonchev–Trinajstić information content (AvgIpc) is 3.28.